The second kappa shape index (κ2) is 13.2. The van der Waals surface area contributed by atoms with Crippen LogP contribution in [0.2, 0.25) is 0 Å². The van der Waals surface area contributed by atoms with E-state index in [1.165, 1.54) is 5.69 Å². The van der Waals surface area contributed by atoms with Crippen molar-refractivity contribution in [1.29, 1.82) is 0 Å². The molecule has 2 N–H and O–H groups in total. The Hall–Kier alpha value is -1.06. The number of nitrogens with zero attached hydrogens (tertiary/aromatic N) is 3. The highest BCUT2D eigenvalue weighted by Gasteiger charge is 2.23. The summed E-state index contributed by atoms with van der Waals surface area (Å²) >= 11 is 0. The number of halogens is 1. The molecule has 1 saturated heterocycles. The normalized spacial score (nSPS) is 16.6. The minimum atomic E-state index is 0. The van der Waals surface area contributed by atoms with Crippen LogP contribution in [0.15, 0.2) is 35.3 Å². The number of rotatable bonds is 8. The Morgan fingerprint density at radius 2 is 1.85 bits per heavy atom. The molecule has 1 unspecified atom stereocenters. The highest BCUT2D eigenvalue weighted by atomic mass is 127. The van der Waals surface area contributed by atoms with Gasteiger partial charge in [0, 0.05) is 58.5 Å². The summed E-state index contributed by atoms with van der Waals surface area (Å²) in [6.45, 7) is 10.9. The third kappa shape index (κ3) is 8.23. The molecule has 1 atom stereocenters. The van der Waals surface area contributed by atoms with Gasteiger partial charge >= 0.3 is 0 Å². The van der Waals surface area contributed by atoms with Gasteiger partial charge in [-0.05, 0) is 18.1 Å². The van der Waals surface area contributed by atoms with Crippen molar-refractivity contribution >= 4 is 35.6 Å². The zero-order valence-corrected chi connectivity index (χ0v) is 19.5. The number of hydrogen-bond donors (Lipinski definition) is 2. The number of aliphatic imine (C=N–C) groups is 1. The smallest absolute Gasteiger partial charge is 0.191 e. The molecule has 0 bridgehead atoms. The van der Waals surface area contributed by atoms with Crippen LogP contribution in [-0.2, 0) is 4.74 Å². The molecule has 0 aromatic heterocycles. The molecule has 0 saturated carbocycles. The van der Waals surface area contributed by atoms with E-state index in [1.807, 2.05) is 13.1 Å². The van der Waals surface area contributed by atoms with Crippen molar-refractivity contribution in [3.63, 3.8) is 0 Å². The Kier molecular flexibility index (Phi) is 11.7. The van der Waals surface area contributed by atoms with Gasteiger partial charge in [-0.3, -0.25) is 9.89 Å². The Labute approximate surface area is 181 Å². The number of hydrogen-bond acceptors (Lipinski definition) is 4. The number of nitrogens with one attached hydrogen (secondary N) is 2. The molecule has 0 amide bonds. The second-order valence-corrected chi connectivity index (χ2v) is 7.10. The van der Waals surface area contributed by atoms with Gasteiger partial charge in [0.2, 0.25) is 0 Å². The summed E-state index contributed by atoms with van der Waals surface area (Å²) in [5.41, 5.74) is 1.23. The lowest BCUT2D eigenvalue weighted by Crippen LogP contribution is -2.53. The molecule has 1 aliphatic heterocycles. The second-order valence-electron chi connectivity index (χ2n) is 7.10. The lowest BCUT2D eigenvalue weighted by atomic mass is 10.0. The molecule has 1 aromatic rings. The summed E-state index contributed by atoms with van der Waals surface area (Å²) < 4.78 is 5.49. The average molecular weight is 489 g/mol. The highest BCUT2D eigenvalue weighted by Crippen LogP contribution is 2.12. The molecule has 0 spiro atoms. The Morgan fingerprint density at radius 3 is 2.44 bits per heavy atom. The number of para-hydroxylation sites is 1. The molecule has 1 heterocycles. The van der Waals surface area contributed by atoms with Gasteiger partial charge in [0.1, 0.15) is 0 Å². The number of benzene rings is 1. The standard InChI is InChI=1S/C20H35N5O.HI/c1-17(2)19(25-12-14-26-15-13-25)16-23-20(21-3)22-10-11-24(4)18-8-6-5-7-9-18;/h5-9,17,19H,10-16H2,1-4H3,(H2,21,22,23);1H. The third-order valence-corrected chi connectivity index (χ3v) is 4.92. The summed E-state index contributed by atoms with van der Waals surface area (Å²) in [4.78, 5) is 9.13. The molecule has 1 aromatic carbocycles. The number of guanidine groups is 1. The first-order valence-corrected chi connectivity index (χ1v) is 9.64. The SMILES string of the molecule is CN=C(NCCN(C)c1ccccc1)NCC(C(C)C)N1CCOCC1.I. The van der Waals surface area contributed by atoms with E-state index in [-0.39, 0.29) is 24.0 Å². The van der Waals surface area contributed by atoms with Crippen molar-refractivity contribution in [3.8, 4) is 0 Å². The van der Waals surface area contributed by atoms with Gasteiger partial charge in [-0.15, -0.1) is 24.0 Å². The van der Waals surface area contributed by atoms with Crippen molar-refractivity contribution in [2.45, 2.75) is 19.9 Å². The Morgan fingerprint density at radius 1 is 1.19 bits per heavy atom. The minimum Gasteiger partial charge on any atom is -0.379 e. The zero-order chi connectivity index (χ0) is 18.8. The summed E-state index contributed by atoms with van der Waals surface area (Å²) in [5.74, 6) is 1.45. The molecule has 1 fully saturated rings. The number of morpholine rings is 1. The van der Waals surface area contributed by atoms with E-state index in [2.05, 4.69) is 70.6 Å². The van der Waals surface area contributed by atoms with Crippen LogP contribution in [0.5, 0.6) is 0 Å². The van der Waals surface area contributed by atoms with Crippen molar-refractivity contribution in [2.75, 3.05) is 64.9 Å². The lowest BCUT2D eigenvalue weighted by molar-refractivity contribution is 0.00752. The maximum atomic E-state index is 5.49. The first-order chi connectivity index (χ1) is 12.6. The van der Waals surface area contributed by atoms with E-state index in [0.717, 1.165) is 51.9 Å². The largest absolute Gasteiger partial charge is 0.379 e. The fourth-order valence-corrected chi connectivity index (χ4v) is 3.27. The van der Waals surface area contributed by atoms with E-state index in [1.54, 1.807) is 0 Å². The van der Waals surface area contributed by atoms with Crippen molar-refractivity contribution < 1.29 is 4.74 Å². The molecule has 0 radical (unpaired) electrons. The fraction of sp³-hybridized carbons (Fsp3) is 0.650. The third-order valence-electron chi connectivity index (χ3n) is 4.92. The predicted octanol–water partition coefficient (Wildman–Crippen LogP) is 2.26. The topological polar surface area (TPSA) is 52.1 Å². The molecule has 154 valence electrons. The maximum absolute atomic E-state index is 5.49. The van der Waals surface area contributed by atoms with Gasteiger partial charge in [0.25, 0.3) is 0 Å². The number of anilines is 1. The number of likely N-dealkylation sites (N-methyl/N-ethyl adjacent to an activating group) is 1. The number of ether oxygens (including phenoxy) is 1. The summed E-state index contributed by atoms with van der Waals surface area (Å²) in [7, 11) is 3.94. The molecule has 0 aliphatic carbocycles. The van der Waals surface area contributed by atoms with E-state index in [0.29, 0.717) is 12.0 Å². The van der Waals surface area contributed by atoms with Crippen molar-refractivity contribution in [1.82, 2.24) is 15.5 Å². The van der Waals surface area contributed by atoms with Crippen LogP contribution in [0, 0.1) is 5.92 Å². The average Bonchev–Trinajstić information content (AvgIpc) is 2.68. The predicted molar refractivity (Wildman–Crippen MR) is 126 cm³/mol. The van der Waals surface area contributed by atoms with Gasteiger partial charge in [-0.1, -0.05) is 32.0 Å². The van der Waals surface area contributed by atoms with Crippen LogP contribution in [0.4, 0.5) is 5.69 Å². The highest BCUT2D eigenvalue weighted by molar-refractivity contribution is 14.0. The van der Waals surface area contributed by atoms with Crippen LogP contribution in [0.1, 0.15) is 13.8 Å². The quantitative estimate of drug-likeness (QED) is 0.334. The molecular weight excluding hydrogens is 453 g/mol. The zero-order valence-electron chi connectivity index (χ0n) is 17.1. The maximum Gasteiger partial charge on any atom is 0.191 e. The molecule has 27 heavy (non-hydrogen) atoms. The Balaban J connectivity index is 0.00000364. The Bertz CT molecular complexity index is 534. The van der Waals surface area contributed by atoms with Gasteiger partial charge in [0.05, 0.1) is 13.2 Å². The van der Waals surface area contributed by atoms with Crippen LogP contribution in [0.3, 0.4) is 0 Å². The summed E-state index contributed by atoms with van der Waals surface area (Å²) in [5, 5.41) is 6.92. The van der Waals surface area contributed by atoms with Gasteiger partial charge in [-0.2, -0.15) is 0 Å². The van der Waals surface area contributed by atoms with Gasteiger partial charge in [-0.25, -0.2) is 0 Å². The van der Waals surface area contributed by atoms with Crippen molar-refractivity contribution in [2.24, 2.45) is 10.9 Å². The van der Waals surface area contributed by atoms with Crippen LogP contribution in [-0.4, -0.2) is 76.9 Å². The molecule has 1 aliphatic rings. The van der Waals surface area contributed by atoms with E-state index >= 15 is 0 Å². The first-order valence-electron chi connectivity index (χ1n) is 9.64. The lowest BCUT2D eigenvalue weighted by Gasteiger charge is -2.37. The molecular formula is C20H36IN5O. The molecule has 7 heteroatoms. The van der Waals surface area contributed by atoms with E-state index in [4.69, 9.17) is 4.74 Å². The van der Waals surface area contributed by atoms with Crippen LogP contribution in [0.25, 0.3) is 0 Å². The van der Waals surface area contributed by atoms with E-state index in [9.17, 15) is 0 Å². The van der Waals surface area contributed by atoms with E-state index < -0.39 is 0 Å². The monoisotopic (exact) mass is 489 g/mol. The summed E-state index contributed by atoms with van der Waals surface area (Å²) in [6.07, 6.45) is 0. The summed E-state index contributed by atoms with van der Waals surface area (Å²) in [6, 6.07) is 10.9. The fourth-order valence-electron chi connectivity index (χ4n) is 3.27. The van der Waals surface area contributed by atoms with Gasteiger partial charge in [0.15, 0.2) is 5.96 Å². The molecule has 2 rings (SSSR count). The van der Waals surface area contributed by atoms with Gasteiger partial charge < -0.3 is 20.3 Å². The van der Waals surface area contributed by atoms with Crippen LogP contribution < -0.4 is 15.5 Å². The molecule has 6 nitrogen and oxygen atoms in total. The van der Waals surface area contributed by atoms with Crippen molar-refractivity contribution in [3.05, 3.63) is 30.3 Å². The van der Waals surface area contributed by atoms with Crippen LogP contribution >= 0.6 is 24.0 Å². The minimum absolute atomic E-state index is 0. The first kappa shape index (κ1) is 24.0.